The quantitative estimate of drug-likeness (QED) is 0.574. The monoisotopic (exact) mass is 280 g/mol. The summed E-state index contributed by atoms with van der Waals surface area (Å²) in [5.74, 6) is -1.28. The van der Waals surface area contributed by atoms with Crippen LogP contribution in [-0.4, -0.2) is 25.2 Å². The molecule has 0 fully saturated rings. The van der Waals surface area contributed by atoms with E-state index in [-0.39, 0.29) is 19.1 Å². The highest BCUT2D eigenvalue weighted by Crippen LogP contribution is 2.46. The molecule has 20 heavy (non-hydrogen) atoms. The molecule has 0 amide bonds. The molecule has 1 aliphatic carbocycles. The number of rotatable bonds is 5. The molecule has 0 aromatic rings. The van der Waals surface area contributed by atoms with Gasteiger partial charge in [0, 0.05) is 5.92 Å². The van der Waals surface area contributed by atoms with Gasteiger partial charge in [0.2, 0.25) is 0 Å². The van der Waals surface area contributed by atoms with Crippen LogP contribution >= 0.6 is 0 Å². The van der Waals surface area contributed by atoms with Crippen LogP contribution in [0, 0.1) is 11.3 Å². The van der Waals surface area contributed by atoms with Crippen molar-refractivity contribution in [1.29, 1.82) is 0 Å². The molecule has 4 nitrogen and oxygen atoms in total. The van der Waals surface area contributed by atoms with Gasteiger partial charge >= 0.3 is 11.9 Å². The predicted molar refractivity (Wildman–Crippen MR) is 77.0 cm³/mol. The summed E-state index contributed by atoms with van der Waals surface area (Å²) >= 11 is 0. The summed E-state index contributed by atoms with van der Waals surface area (Å²) < 4.78 is 10.3. The van der Waals surface area contributed by atoms with Crippen molar-refractivity contribution in [3.63, 3.8) is 0 Å². The molecule has 1 unspecified atom stereocenters. The summed E-state index contributed by atoms with van der Waals surface area (Å²) in [7, 11) is 0. The molecule has 0 heterocycles. The van der Waals surface area contributed by atoms with Crippen molar-refractivity contribution in [3.8, 4) is 0 Å². The van der Waals surface area contributed by atoms with E-state index >= 15 is 0 Å². The lowest BCUT2D eigenvalue weighted by Gasteiger charge is -2.39. The topological polar surface area (TPSA) is 52.6 Å². The second-order valence-corrected chi connectivity index (χ2v) is 5.12. The third-order valence-corrected chi connectivity index (χ3v) is 3.72. The third kappa shape index (κ3) is 2.79. The van der Waals surface area contributed by atoms with Gasteiger partial charge in [-0.15, -0.1) is 0 Å². The van der Waals surface area contributed by atoms with Crippen molar-refractivity contribution in [1.82, 2.24) is 0 Å². The van der Waals surface area contributed by atoms with Crippen molar-refractivity contribution >= 4 is 11.9 Å². The van der Waals surface area contributed by atoms with Gasteiger partial charge in [0.05, 0.1) is 13.2 Å². The summed E-state index contributed by atoms with van der Waals surface area (Å²) in [5, 5.41) is 0. The van der Waals surface area contributed by atoms with Crippen LogP contribution in [0.4, 0.5) is 0 Å². The van der Waals surface area contributed by atoms with Gasteiger partial charge in [-0.25, -0.2) is 0 Å². The molecule has 1 aliphatic rings. The van der Waals surface area contributed by atoms with Gasteiger partial charge in [-0.3, -0.25) is 9.59 Å². The summed E-state index contributed by atoms with van der Waals surface area (Å²) in [4.78, 5) is 25.0. The third-order valence-electron chi connectivity index (χ3n) is 3.72. The van der Waals surface area contributed by atoms with E-state index < -0.39 is 17.4 Å². The summed E-state index contributed by atoms with van der Waals surface area (Å²) in [6, 6.07) is 0. The molecule has 1 atom stereocenters. The zero-order valence-electron chi connectivity index (χ0n) is 12.8. The normalized spacial score (nSPS) is 21.1. The van der Waals surface area contributed by atoms with E-state index in [0.29, 0.717) is 12.8 Å². The van der Waals surface area contributed by atoms with Crippen LogP contribution in [-0.2, 0) is 19.1 Å². The molecule has 4 heteroatoms. The number of carbonyl (C=O) groups is 2. The van der Waals surface area contributed by atoms with Crippen molar-refractivity contribution < 1.29 is 19.1 Å². The maximum Gasteiger partial charge on any atom is 0.324 e. The number of carbonyl (C=O) groups excluding carboxylic acids is 2. The molecule has 0 spiro atoms. The van der Waals surface area contributed by atoms with Crippen LogP contribution in [0.25, 0.3) is 0 Å². The smallest absolute Gasteiger partial charge is 0.324 e. The number of hydrogen-bond acceptors (Lipinski definition) is 4. The lowest BCUT2D eigenvalue weighted by molar-refractivity contribution is -0.176. The standard InChI is InChI=1S/C16H24O4/c1-6-13-12(5)9-11(4)10-16(13,14(17)19-7-2)15(18)20-8-3/h9,13H,5-8,10H2,1-4H3. The molecule has 0 bridgehead atoms. The van der Waals surface area contributed by atoms with Crippen LogP contribution in [0.5, 0.6) is 0 Å². The number of hydrogen-bond donors (Lipinski definition) is 0. The van der Waals surface area contributed by atoms with Gasteiger partial charge in [0.25, 0.3) is 0 Å². The Balaban J connectivity index is 3.34. The first-order valence-electron chi connectivity index (χ1n) is 7.14. The first kappa shape index (κ1) is 16.5. The number of ether oxygens (including phenoxy) is 2. The fourth-order valence-electron chi connectivity index (χ4n) is 2.99. The molecule has 0 radical (unpaired) electrons. The Kier molecular flexibility index (Phi) is 5.54. The van der Waals surface area contributed by atoms with Gasteiger partial charge < -0.3 is 9.47 Å². The van der Waals surface area contributed by atoms with Crippen LogP contribution in [0.3, 0.4) is 0 Å². The summed E-state index contributed by atoms with van der Waals surface area (Å²) in [6.07, 6.45) is 2.92. The minimum atomic E-state index is -1.28. The second-order valence-electron chi connectivity index (χ2n) is 5.12. The van der Waals surface area contributed by atoms with Crippen molar-refractivity contribution in [2.75, 3.05) is 13.2 Å². The Bertz CT molecular complexity index is 416. The molecule has 0 saturated carbocycles. The lowest BCUT2D eigenvalue weighted by Crippen LogP contribution is -2.49. The van der Waals surface area contributed by atoms with Crippen LogP contribution in [0.15, 0.2) is 23.8 Å². The summed E-state index contributed by atoms with van der Waals surface area (Å²) in [5.41, 5.74) is 0.453. The van der Waals surface area contributed by atoms with E-state index in [2.05, 4.69) is 6.58 Å². The first-order chi connectivity index (χ1) is 9.43. The van der Waals surface area contributed by atoms with E-state index in [9.17, 15) is 9.59 Å². The molecule has 0 aromatic carbocycles. The largest absolute Gasteiger partial charge is 0.465 e. The van der Waals surface area contributed by atoms with Gasteiger partial charge in [0.15, 0.2) is 5.41 Å². The zero-order valence-corrected chi connectivity index (χ0v) is 12.8. The SMILES string of the molecule is C=C1C=C(C)CC(C(=O)OCC)(C(=O)OCC)C1CC. The molecule has 1 rings (SSSR count). The van der Waals surface area contributed by atoms with Gasteiger partial charge in [0.1, 0.15) is 0 Å². The molecule has 112 valence electrons. The summed E-state index contributed by atoms with van der Waals surface area (Å²) in [6.45, 7) is 11.8. The zero-order chi connectivity index (χ0) is 15.3. The lowest BCUT2D eigenvalue weighted by atomic mass is 9.64. The predicted octanol–water partition coefficient (Wildman–Crippen LogP) is 3.03. The molecular formula is C16H24O4. The second kappa shape index (κ2) is 6.73. The number of esters is 2. The molecular weight excluding hydrogens is 256 g/mol. The highest BCUT2D eigenvalue weighted by molar-refractivity contribution is 6.01. The Labute approximate surface area is 120 Å². The van der Waals surface area contributed by atoms with E-state index in [4.69, 9.17) is 9.47 Å². The first-order valence-corrected chi connectivity index (χ1v) is 7.14. The van der Waals surface area contributed by atoms with Gasteiger partial charge in [-0.2, -0.15) is 0 Å². The Morgan fingerprint density at radius 2 is 1.75 bits per heavy atom. The van der Waals surface area contributed by atoms with E-state index in [1.807, 2.05) is 19.9 Å². The average molecular weight is 280 g/mol. The van der Waals surface area contributed by atoms with Gasteiger partial charge in [-0.05, 0) is 33.6 Å². The average Bonchev–Trinajstić information content (AvgIpc) is 2.38. The van der Waals surface area contributed by atoms with Crippen molar-refractivity contribution in [2.45, 2.75) is 40.5 Å². The fourth-order valence-corrected chi connectivity index (χ4v) is 2.99. The maximum atomic E-state index is 12.5. The van der Waals surface area contributed by atoms with E-state index in [0.717, 1.165) is 11.1 Å². The minimum Gasteiger partial charge on any atom is -0.465 e. The maximum absolute atomic E-state index is 12.5. The number of allylic oxidation sites excluding steroid dienone is 3. The van der Waals surface area contributed by atoms with Gasteiger partial charge in [-0.1, -0.05) is 30.7 Å². The van der Waals surface area contributed by atoms with Crippen LogP contribution in [0.1, 0.15) is 40.5 Å². The Morgan fingerprint density at radius 1 is 1.25 bits per heavy atom. The molecule has 0 N–H and O–H groups in total. The Hall–Kier alpha value is -1.58. The minimum absolute atomic E-state index is 0.242. The van der Waals surface area contributed by atoms with E-state index in [1.54, 1.807) is 13.8 Å². The van der Waals surface area contributed by atoms with Crippen molar-refractivity contribution in [3.05, 3.63) is 23.8 Å². The van der Waals surface area contributed by atoms with Crippen molar-refractivity contribution in [2.24, 2.45) is 11.3 Å². The molecule has 0 saturated heterocycles. The molecule has 0 aliphatic heterocycles. The van der Waals surface area contributed by atoms with Crippen LogP contribution < -0.4 is 0 Å². The highest BCUT2D eigenvalue weighted by atomic mass is 16.6. The fraction of sp³-hybridized carbons (Fsp3) is 0.625. The highest BCUT2D eigenvalue weighted by Gasteiger charge is 2.56. The van der Waals surface area contributed by atoms with Crippen LogP contribution in [0.2, 0.25) is 0 Å². The Morgan fingerprint density at radius 3 is 2.15 bits per heavy atom. The molecule has 0 aromatic heterocycles. The van der Waals surface area contributed by atoms with E-state index in [1.165, 1.54) is 0 Å².